The van der Waals surface area contributed by atoms with E-state index in [1.165, 1.54) is 26.2 Å². The van der Waals surface area contributed by atoms with Gasteiger partial charge in [-0.1, -0.05) is 54.1 Å². The highest BCUT2D eigenvalue weighted by atomic mass is 35.5. The fraction of sp³-hybridized carbons (Fsp3) is 0.238. The van der Waals surface area contributed by atoms with Gasteiger partial charge in [-0.15, -0.1) is 0 Å². The van der Waals surface area contributed by atoms with Crippen LogP contribution < -0.4 is 0 Å². The Labute approximate surface area is 180 Å². The van der Waals surface area contributed by atoms with Crippen molar-refractivity contribution >= 4 is 27.6 Å². The van der Waals surface area contributed by atoms with E-state index >= 15 is 0 Å². The molecule has 0 unspecified atom stereocenters. The minimum Gasteiger partial charge on any atom is -0.457 e. The fourth-order valence-corrected chi connectivity index (χ4v) is 4.16. The third kappa shape index (κ3) is 4.72. The number of sulfonamides is 1. The molecule has 0 saturated carbocycles. The minimum absolute atomic E-state index is 0.0880. The monoisotopic (exact) mass is 447 g/mol. The van der Waals surface area contributed by atoms with Crippen LogP contribution in [0.2, 0.25) is 5.15 Å². The van der Waals surface area contributed by atoms with Crippen molar-refractivity contribution in [3.63, 3.8) is 0 Å². The van der Waals surface area contributed by atoms with E-state index in [1.807, 2.05) is 30.3 Å². The molecule has 0 aliphatic rings. The van der Waals surface area contributed by atoms with E-state index in [1.54, 1.807) is 23.7 Å². The van der Waals surface area contributed by atoms with E-state index in [4.69, 9.17) is 16.3 Å². The molecule has 0 N–H and O–H groups in total. The van der Waals surface area contributed by atoms with Gasteiger partial charge in [-0.2, -0.15) is 5.10 Å². The normalized spacial score (nSPS) is 11.6. The summed E-state index contributed by atoms with van der Waals surface area (Å²) in [6.45, 7) is 2.03. The number of hydrogen-bond donors (Lipinski definition) is 0. The number of esters is 1. The Morgan fingerprint density at radius 3 is 2.43 bits per heavy atom. The number of hydrogen-bond acceptors (Lipinski definition) is 5. The maximum atomic E-state index is 12.6. The molecule has 3 aromatic rings. The molecule has 0 spiro atoms. The SMILES string of the molecule is Cc1nn(Cc2ccccc2)c(Cl)c1C(=O)OCc1cccc(S(=O)(=O)N(C)C)c1. The van der Waals surface area contributed by atoms with Gasteiger partial charge < -0.3 is 4.74 Å². The lowest BCUT2D eigenvalue weighted by atomic mass is 10.2. The first-order valence-corrected chi connectivity index (χ1v) is 11.0. The molecular weight excluding hydrogens is 426 g/mol. The van der Waals surface area contributed by atoms with Crippen LogP contribution in [0.1, 0.15) is 27.2 Å². The zero-order chi connectivity index (χ0) is 21.9. The number of benzene rings is 2. The van der Waals surface area contributed by atoms with Crippen molar-refractivity contribution in [2.75, 3.05) is 14.1 Å². The van der Waals surface area contributed by atoms with Crippen LogP contribution in [0, 0.1) is 6.92 Å². The summed E-state index contributed by atoms with van der Waals surface area (Å²) in [6.07, 6.45) is 0. The van der Waals surface area contributed by atoms with Crippen LogP contribution in [0.3, 0.4) is 0 Å². The van der Waals surface area contributed by atoms with Crippen LogP contribution in [-0.4, -0.2) is 42.6 Å². The van der Waals surface area contributed by atoms with Gasteiger partial charge in [-0.05, 0) is 30.2 Å². The summed E-state index contributed by atoms with van der Waals surface area (Å²) >= 11 is 6.39. The third-order valence-electron chi connectivity index (χ3n) is 4.49. The molecule has 0 saturated heterocycles. The summed E-state index contributed by atoms with van der Waals surface area (Å²) in [4.78, 5) is 12.8. The zero-order valence-electron chi connectivity index (χ0n) is 16.9. The smallest absolute Gasteiger partial charge is 0.343 e. The molecule has 0 amide bonds. The van der Waals surface area contributed by atoms with Crippen molar-refractivity contribution in [1.29, 1.82) is 0 Å². The number of halogens is 1. The van der Waals surface area contributed by atoms with Crippen LogP contribution in [0.25, 0.3) is 0 Å². The highest BCUT2D eigenvalue weighted by Crippen LogP contribution is 2.23. The van der Waals surface area contributed by atoms with E-state index in [2.05, 4.69) is 5.10 Å². The predicted octanol–water partition coefficient (Wildman–Crippen LogP) is 3.50. The lowest BCUT2D eigenvalue weighted by Gasteiger charge is -2.12. The maximum Gasteiger partial charge on any atom is 0.343 e. The number of aryl methyl sites for hydroxylation is 1. The lowest BCUT2D eigenvalue weighted by Crippen LogP contribution is -2.22. The van der Waals surface area contributed by atoms with Gasteiger partial charge in [0.15, 0.2) is 0 Å². The van der Waals surface area contributed by atoms with Gasteiger partial charge in [-0.3, -0.25) is 0 Å². The molecular formula is C21H22ClN3O4S. The molecule has 0 bridgehead atoms. The molecule has 0 fully saturated rings. The Morgan fingerprint density at radius 2 is 1.77 bits per heavy atom. The average Bonchev–Trinajstić information content (AvgIpc) is 3.00. The van der Waals surface area contributed by atoms with Crippen LogP contribution in [-0.2, 0) is 27.9 Å². The summed E-state index contributed by atoms with van der Waals surface area (Å²) in [5.74, 6) is -0.613. The van der Waals surface area contributed by atoms with Gasteiger partial charge in [0, 0.05) is 14.1 Å². The number of ether oxygens (including phenoxy) is 1. The summed E-state index contributed by atoms with van der Waals surface area (Å²) in [7, 11) is -0.655. The second-order valence-corrected chi connectivity index (χ2v) is 9.42. The van der Waals surface area contributed by atoms with E-state index < -0.39 is 16.0 Å². The van der Waals surface area contributed by atoms with Gasteiger partial charge in [0.2, 0.25) is 10.0 Å². The zero-order valence-corrected chi connectivity index (χ0v) is 18.4. The first-order valence-electron chi connectivity index (χ1n) is 9.15. The number of carbonyl (C=O) groups is 1. The topological polar surface area (TPSA) is 81.5 Å². The minimum atomic E-state index is -3.57. The van der Waals surface area contributed by atoms with Crippen molar-refractivity contribution in [3.05, 3.63) is 82.1 Å². The van der Waals surface area contributed by atoms with Crippen molar-refractivity contribution in [2.45, 2.75) is 25.0 Å². The quantitative estimate of drug-likeness (QED) is 0.518. The molecule has 3 rings (SSSR count). The predicted molar refractivity (Wildman–Crippen MR) is 114 cm³/mol. The van der Waals surface area contributed by atoms with Gasteiger partial charge in [0.25, 0.3) is 0 Å². The Kier molecular flexibility index (Phi) is 6.60. The fourth-order valence-electron chi connectivity index (χ4n) is 2.87. The van der Waals surface area contributed by atoms with E-state index in [0.717, 1.165) is 9.87 Å². The Bertz CT molecular complexity index is 1160. The van der Waals surface area contributed by atoms with Crippen molar-refractivity contribution < 1.29 is 17.9 Å². The van der Waals surface area contributed by atoms with Crippen molar-refractivity contribution in [2.24, 2.45) is 0 Å². The first-order chi connectivity index (χ1) is 14.2. The summed E-state index contributed by atoms with van der Waals surface area (Å²) in [6, 6.07) is 15.9. The third-order valence-corrected chi connectivity index (χ3v) is 6.69. The molecule has 1 aromatic heterocycles. The molecule has 30 heavy (non-hydrogen) atoms. The van der Waals surface area contributed by atoms with E-state index in [9.17, 15) is 13.2 Å². The maximum absolute atomic E-state index is 12.6. The summed E-state index contributed by atoms with van der Waals surface area (Å²) in [5, 5.41) is 4.55. The molecule has 0 aliphatic carbocycles. The lowest BCUT2D eigenvalue weighted by molar-refractivity contribution is 0.0472. The van der Waals surface area contributed by atoms with Crippen molar-refractivity contribution in [3.8, 4) is 0 Å². The molecule has 1 heterocycles. The Hall–Kier alpha value is -2.68. The number of carbonyl (C=O) groups excluding carboxylic acids is 1. The van der Waals surface area contributed by atoms with Crippen LogP contribution in [0.4, 0.5) is 0 Å². The standard InChI is InChI=1S/C21H22ClN3O4S/c1-15-19(20(22)25(23-15)13-16-8-5-4-6-9-16)21(26)29-14-17-10-7-11-18(12-17)30(27,28)24(2)3/h4-12H,13-14H2,1-3H3. The van der Waals surface area contributed by atoms with E-state index in [-0.39, 0.29) is 22.2 Å². The molecule has 9 heteroatoms. The second-order valence-electron chi connectivity index (χ2n) is 6.91. The molecule has 0 atom stereocenters. The van der Waals surface area contributed by atoms with Crippen LogP contribution >= 0.6 is 11.6 Å². The first kappa shape index (κ1) is 22.0. The summed E-state index contributed by atoms with van der Waals surface area (Å²) in [5.41, 5.74) is 2.21. The molecule has 0 aliphatic heterocycles. The largest absolute Gasteiger partial charge is 0.457 e. The Morgan fingerprint density at radius 1 is 1.10 bits per heavy atom. The molecule has 0 radical (unpaired) electrons. The van der Waals surface area contributed by atoms with Crippen LogP contribution in [0.15, 0.2) is 59.5 Å². The van der Waals surface area contributed by atoms with Gasteiger partial charge >= 0.3 is 5.97 Å². The number of rotatable bonds is 7. The highest BCUT2D eigenvalue weighted by Gasteiger charge is 2.22. The van der Waals surface area contributed by atoms with E-state index in [0.29, 0.717) is 17.8 Å². The van der Waals surface area contributed by atoms with Gasteiger partial charge in [0.05, 0.1) is 17.1 Å². The van der Waals surface area contributed by atoms with Crippen LogP contribution in [0.5, 0.6) is 0 Å². The Balaban J connectivity index is 1.75. The number of nitrogens with zero attached hydrogens (tertiary/aromatic N) is 3. The molecule has 2 aromatic carbocycles. The highest BCUT2D eigenvalue weighted by molar-refractivity contribution is 7.89. The number of aromatic nitrogens is 2. The van der Waals surface area contributed by atoms with Gasteiger partial charge in [0.1, 0.15) is 17.3 Å². The molecule has 158 valence electrons. The second kappa shape index (κ2) is 8.99. The average molecular weight is 448 g/mol. The van der Waals surface area contributed by atoms with Crippen molar-refractivity contribution in [1.82, 2.24) is 14.1 Å². The molecule has 7 nitrogen and oxygen atoms in total. The summed E-state index contributed by atoms with van der Waals surface area (Å²) < 4.78 is 32.6. The van der Waals surface area contributed by atoms with Gasteiger partial charge in [-0.25, -0.2) is 22.2 Å².